The van der Waals surface area contributed by atoms with Crippen LogP contribution in [0.15, 0.2) is 48.9 Å². The number of piperidine rings is 1. The molecule has 0 aliphatic carbocycles. The Morgan fingerprint density at radius 3 is 2.42 bits per heavy atom. The second-order valence-electron chi connectivity index (χ2n) is 5.82. The van der Waals surface area contributed by atoms with Gasteiger partial charge in [0.05, 0.1) is 18.7 Å². The van der Waals surface area contributed by atoms with E-state index in [-0.39, 0.29) is 11.9 Å². The van der Waals surface area contributed by atoms with E-state index in [0.717, 1.165) is 5.56 Å². The van der Waals surface area contributed by atoms with Crippen molar-refractivity contribution in [1.29, 1.82) is 0 Å². The van der Waals surface area contributed by atoms with Crippen LogP contribution in [0.1, 0.15) is 28.9 Å². The highest BCUT2D eigenvalue weighted by Gasteiger charge is 2.44. The van der Waals surface area contributed by atoms with Gasteiger partial charge in [0.2, 0.25) is 0 Å². The van der Waals surface area contributed by atoms with Crippen LogP contribution in [0, 0.1) is 0 Å². The van der Waals surface area contributed by atoms with Gasteiger partial charge in [0.15, 0.2) is 0 Å². The van der Waals surface area contributed by atoms with Crippen LogP contribution in [0.3, 0.4) is 0 Å². The lowest BCUT2D eigenvalue weighted by Gasteiger charge is -2.39. The van der Waals surface area contributed by atoms with Gasteiger partial charge in [0, 0.05) is 25.5 Å². The van der Waals surface area contributed by atoms with Gasteiger partial charge < -0.3 is 9.64 Å². The molecule has 0 spiro atoms. The van der Waals surface area contributed by atoms with Crippen LogP contribution in [0.25, 0.3) is 0 Å². The maximum Gasteiger partial charge on any atom is 0.316 e. The summed E-state index contributed by atoms with van der Waals surface area (Å²) in [6, 6.07) is 9.63. The van der Waals surface area contributed by atoms with Gasteiger partial charge in [-0.25, -0.2) is 4.98 Å². The van der Waals surface area contributed by atoms with E-state index >= 15 is 0 Å². The Balaban J connectivity index is 1.80. The van der Waals surface area contributed by atoms with Crippen LogP contribution < -0.4 is 0 Å². The number of amides is 1. The molecule has 3 rings (SSSR count). The topological polar surface area (TPSA) is 72.4 Å². The molecule has 6 heteroatoms. The maximum absolute atomic E-state index is 12.5. The SMILES string of the molecule is COC(=O)C1(c2ccccc2)CCN(C(=O)c2cnccn2)CC1. The number of carbonyl (C=O) groups is 2. The van der Waals surface area contributed by atoms with Crippen LogP contribution in [0.4, 0.5) is 0 Å². The number of esters is 1. The predicted molar refractivity (Wildman–Crippen MR) is 87.3 cm³/mol. The lowest BCUT2D eigenvalue weighted by Crippen LogP contribution is -2.49. The first-order valence-corrected chi connectivity index (χ1v) is 7.86. The number of rotatable bonds is 3. The molecule has 1 aromatic carbocycles. The monoisotopic (exact) mass is 325 g/mol. The standard InChI is InChI=1S/C18H19N3O3/c1-24-17(23)18(14-5-3-2-4-6-14)7-11-21(12-8-18)16(22)15-13-19-9-10-20-15/h2-6,9-10,13H,7-8,11-12H2,1H3. The minimum absolute atomic E-state index is 0.158. The first-order chi connectivity index (χ1) is 11.7. The van der Waals surface area contributed by atoms with E-state index in [1.807, 2.05) is 30.3 Å². The summed E-state index contributed by atoms with van der Waals surface area (Å²) >= 11 is 0. The molecule has 24 heavy (non-hydrogen) atoms. The molecular formula is C18H19N3O3. The number of aromatic nitrogens is 2. The quantitative estimate of drug-likeness (QED) is 0.805. The number of ether oxygens (including phenoxy) is 1. The summed E-state index contributed by atoms with van der Waals surface area (Å²) in [5.74, 6) is -0.407. The van der Waals surface area contributed by atoms with Crippen molar-refractivity contribution in [3.8, 4) is 0 Å². The van der Waals surface area contributed by atoms with E-state index in [9.17, 15) is 9.59 Å². The molecule has 0 N–H and O–H groups in total. The van der Waals surface area contributed by atoms with Gasteiger partial charge in [-0.3, -0.25) is 14.6 Å². The molecule has 0 atom stereocenters. The van der Waals surface area contributed by atoms with Gasteiger partial charge in [-0.15, -0.1) is 0 Å². The minimum Gasteiger partial charge on any atom is -0.468 e. The van der Waals surface area contributed by atoms with Crippen molar-refractivity contribution >= 4 is 11.9 Å². The number of hydrogen-bond acceptors (Lipinski definition) is 5. The molecule has 0 saturated carbocycles. The third kappa shape index (κ3) is 2.87. The molecule has 1 saturated heterocycles. The first-order valence-electron chi connectivity index (χ1n) is 7.86. The van der Waals surface area contributed by atoms with Crippen LogP contribution in [0.5, 0.6) is 0 Å². The highest BCUT2D eigenvalue weighted by molar-refractivity contribution is 5.92. The van der Waals surface area contributed by atoms with Gasteiger partial charge >= 0.3 is 5.97 Å². The number of benzene rings is 1. The van der Waals surface area contributed by atoms with Crippen molar-refractivity contribution < 1.29 is 14.3 Å². The second-order valence-corrected chi connectivity index (χ2v) is 5.82. The summed E-state index contributed by atoms with van der Waals surface area (Å²) in [6.07, 6.45) is 5.54. The second kappa shape index (κ2) is 6.78. The summed E-state index contributed by atoms with van der Waals surface area (Å²) in [5, 5.41) is 0. The molecule has 1 fully saturated rings. The fourth-order valence-corrected chi connectivity index (χ4v) is 3.23. The van der Waals surface area contributed by atoms with Gasteiger partial charge in [-0.05, 0) is 18.4 Å². The average Bonchev–Trinajstić information content (AvgIpc) is 2.68. The average molecular weight is 325 g/mol. The minimum atomic E-state index is -0.699. The molecule has 6 nitrogen and oxygen atoms in total. The summed E-state index contributed by atoms with van der Waals surface area (Å²) in [4.78, 5) is 34.7. The van der Waals surface area contributed by atoms with E-state index in [1.165, 1.54) is 25.7 Å². The largest absolute Gasteiger partial charge is 0.468 e. The lowest BCUT2D eigenvalue weighted by molar-refractivity contribution is -0.149. The van der Waals surface area contributed by atoms with Gasteiger partial charge in [0.25, 0.3) is 5.91 Å². The van der Waals surface area contributed by atoms with Crippen LogP contribution in [-0.2, 0) is 14.9 Å². The zero-order chi connectivity index (χ0) is 17.0. The molecule has 2 heterocycles. The van der Waals surface area contributed by atoms with Gasteiger partial charge in [0.1, 0.15) is 5.69 Å². The molecule has 0 radical (unpaired) electrons. The summed E-state index contributed by atoms with van der Waals surface area (Å²) in [6.45, 7) is 0.943. The van der Waals surface area contributed by atoms with Crippen LogP contribution in [0.2, 0.25) is 0 Å². The normalized spacial score (nSPS) is 16.5. The molecule has 2 aromatic rings. The molecule has 0 unspecified atom stereocenters. The lowest BCUT2D eigenvalue weighted by atomic mass is 9.72. The Kier molecular flexibility index (Phi) is 4.55. The number of carbonyl (C=O) groups excluding carboxylic acids is 2. The van der Waals surface area contributed by atoms with E-state index in [1.54, 1.807) is 4.90 Å². The van der Waals surface area contributed by atoms with E-state index in [2.05, 4.69) is 9.97 Å². The van der Waals surface area contributed by atoms with Crippen molar-refractivity contribution in [2.24, 2.45) is 0 Å². The summed E-state index contributed by atoms with van der Waals surface area (Å²) in [5.41, 5.74) is 0.557. The molecule has 124 valence electrons. The van der Waals surface area contributed by atoms with E-state index in [4.69, 9.17) is 4.74 Å². The fraction of sp³-hybridized carbons (Fsp3) is 0.333. The number of methoxy groups -OCH3 is 1. The Bertz CT molecular complexity index is 711. The fourth-order valence-electron chi connectivity index (χ4n) is 3.23. The number of nitrogens with zero attached hydrogens (tertiary/aromatic N) is 3. The van der Waals surface area contributed by atoms with E-state index < -0.39 is 5.41 Å². The predicted octanol–water partition coefficient (Wildman–Crippen LogP) is 1.82. The summed E-state index contributed by atoms with van der Waals surface area (Å²) in [7, 11) is 1.41. The Hall–Kier alpha value is -2.76. The first kappa shape index (κ1) is 16.1. The van der Waals surface area contributed by atoms with Crippen molar-refractivity contribution in [3.05, 3.63) is 60.2 Å². The third-order valence-electron chi connectivity index (χ3n) is 4.59. The van der Waals surface area contributed by atoms with Crippen LogP contribution >= 0.6 is 0 Å². The molecular weight excluding hydrogens is 306 g/mol. The number of hydrogen-bond donors (Lipinski definition) is 0. The smallest absolute Gasteiger partial charge is 0.316 e. The Labute approximate surface area is 140 Å². The zero-order valence-corrected chi connectivity index (χ0v) is 13.5. The number of likely N-dealkylation sites (tertiary alicyclic amines) is 1. The van der Waals surface area contributed by atoms with Gasteiger partial charge in [-0.2, -0.15) is 0 Å². The molecule has 1 aliphatic heterocycles. The summed E-state index contributed by atoms with van der Waals surface area (Å²) < 4.78 is 5.06. The van der Waals surface area contributed by atoms with Crippen molar-refractivity contribution in [2.45, 2.75) is 18.3 Å². The van der Waals surface area contributed by atoms with Crippen molar-refractivity contribution in [2.75, 3.05) is 20.2 Å². The molecule has 1 aliphatic rings. The highest BCUT2D eigenvalue weighted by atomic mass is 16.5. The molecule has 1 amide bonds. The van der Waals surface area contributed by atoms with Gasteiger partial charge in [-0.1, -0.05) is 30.3 Å². The van der Waals surface area contributed by atoms with Crippen molar-refractivity contribution in [3.63, 3.8) is 0 Å². The van der Waals surface area contributed by atoms with E-state index in [0.29, 0.717) is 31.6 Å². The Morgan fingerprint density at radius 2 is 1.83 bits per heavy atom. The maximum atomic E-state index is 12.5. The Morgan fingerprint density at radius 1 is 1.12 bits per heavy atom. The zero-order valence-electron chi connectivity index (χ0n) is 13.5. The molecule has 1 aromatic heterocycles. The highest BCUT2D eigenvalue weighted by Crippen LogP contribution is 2.37. The van der Waals surface area contributed by atoms with Crippen LogP contribution in [-0.4, -0.2) is 46.9 Å². The molecule has 0 bridgehead atoms. The van der Waals surface area contributed by atoms with Crippen molar-refractivity contribution in [1.82, 2.24) is 14.9 Å². The third-order valence-corrected chi connectivity index (χ3v) is 4.59.